The van der Waals surface area contributed by atoms with Crippen LogP contribution in [0.5, 0.6) is 5.88 Å². The Labute approximate surface area is 217 Å². The molecule has 0 atom stereocenters. The highest BCUT2D eigenvalue weighted by Crippen LogP contribution is 2.33. The van der Waals surface area contributed by atoms with Crippen molar-refractivity contribution in [1.82, 2.24) is 19.9 Å². The zero-order valence-electron chi connectivity index (χ0n) is 21.4. The van der Waals surface area contributed by atoms with Crippen molar-refractivity contribution in [3.05, 3.63) is 36.3 Å². The molecule has 12 heteroatoms. The first-order valence-corrected chi connectivity index (χ1v) is 14.4. The maximum atomic E-state index is 12.1. The van der Waals surface area contributed by atoms with Gasteiger partial charge in [-0.25, -0.2) is 18.4 Å². The Hall–Kier alpha value is -3.25. The minimum Gasteiger partial charge on any atom is -0.474 e. The normalized spacial score (nSPS) is 20.6. The summed E-state index contributed by atoms with van der Waals surface area (Å²) in [6, 6.07) is 5.88. The highest BCUT2D eigenvalue weighted by Gasteiger charge is 2.25. The quantitative estimate of drug-likeness (QED) is 0.491. The molecule has 1 aliphatic heterocycles. The molecule has 4 heterocycles. The van der Waals surface area contributed by atoms with Crippen molar-refractivity contribution in [1.29, 1.82) is 0 Å². The van der Waals surface area contributed by atoms with Crippen LogP contribution in [0.2, 0.25) is 0 Å². The fourth-order valence-electron chi connectivity index (χ4n) is 4.66. The Morgan fingerprint density at radius 2 is 1.86 bits per heavy atom. The summed E-state index contributed by atoms with van der Waals surface area (Å²) in [6.45, 7) is 4.72. The molecule has 11 nitrogen and oxygen atoms in total. The standard InChI is InChI=1S/C25H33N7O4S/c1-17-8-9-26-25(28-17)29-18-4-6-20(7-5-18)36-24-21-14-19(31(2)37(3,33)34)16-27-22(21)15-23(30-24)32-10-12-35-13-11-32/h8-9,14-16,18,20H,4-7,10-13H2,1-3H3,(H,26,28,29). The number of hydrogen-bond acceptors (Lipinski definition) is 10. The molecule has 5 rings (SSSR count). The summed E-state index contributed by atoms with van der Waals surface area (Å²) >= 11 is 0. The van der Waals surface area contributed by atoms with Crippen LogP contribution in [0.4, 0.5) is 17.5 Å². The average Bonchev–Trinajstić information content (AvgIpc) is 2.89. The molecule has 3 aromatic rings. The minimum absolute atomic E-state index is 0.0107. The number of ether oxygens (including phenoxy) is 2. The molecule has 0 bridgehead atoms. The lowest BCUT2D eigenvalue weighted by Gasteiger charge is -2.31. The van der Waals surface area contributed by atoms with Gasteiger partial charge in [0.15, 0.2) is 0 Å². The van der Waals surface area contributed by atoms with Crippen molar-refractivity contribution in [3.63, 3.8) is 0 Å². The number of aromatic nitrogens is 4. The van der Waals surface area contributed by atoms with E-state index in [0.29, 0.717) is 41.6 Å². The highest BCUT2D eigenvalue weighted by molar-refractivity contribution is 7.92. The van der Waals surface area contributed by atoms with Crippen LogP contribution < -0.4 is 19.3 Å². The predicted molar refractivity (Wildman–Crippen MR) is 143 cm³/mol. The van der Waals surface area contributed by atoms with Crippen LogP contribution in [0.25, 0.3) is 10.9 Å². The van der Waals surface area contributed by atoms with Gasteiger partial charge < -0.3 is 19.7 Å². The van der Waals surface area contributed by atoms with Crippen molar-refractivity contribution in [2.24, 2.45) is 0 Å². The Bertz CT molecular complexity index is 1360. The Morgan fingerprint density at radius 1 is 1.11 bits per heavy atom. The van der Waals surface area contributed by atoms with E-state index >= 15 is 0 Å². The zero-order chi connectivity index (χ0) is 26.0. The summed E-state index contributed by atoms with van der Waals surface area (Å²) in [6.07, 6.45) is 8.04. The van der Waals surface area contributed by atoms with E-state index in [1.165, 1.54) is 17.6 Å². The third-order valence-electron chi connectivity index (χ3n) is 6.89. The maximum Gasteiger partial charge on any atom is 0.232 e. The molecule has 1 N–H and O–H groups in total. The summed E-state index contributed by atoms with van der Waals surface area (Å²) in [5.74, 6) is 1.92. The van der Waals surface area contributed by atoms with E-state index in [4.69, 9.17) is 14.5 Å². The van der Waals surface area contributed by atoms with E-state index in [2.05, 4.69) is 25.2 Å². The van der Waals surface area contributed by atoms with Crippen molar-refractivity contribution in [2.75, 3.05) is 54.1 Å². The fourth-order valence-corrected chi connectivity index (χ4v) is 5.14. The second-order valence-electron chi connectivity index (χ2n) is 9.63. The number of nitrogens with one attached hydrogen (secondary N) is 1. The summed E-state index contributed by atoms with van der Waals surface area (Å²) in [7, 11) is -1.92. The third kappa shape index (κ3) is 6.02. The molecule has 2 fully saturated rings. The molecule has 0 radical (unpaired) electrons. The van der Waals surface area contributed by atoms with Gasteiger partial charge in [-0.05, 0) is 44.7 Å². The molecule has 198 valence electrons. The molecule has 1 saturated heterocycles. The molecule has 0 amide bonds. The lowest BCUT2D eigenvalue weighted by molar-refractivity contribution is 0.122. The van der Waals surface area contributed by atoms with Gasteiger partial charge in [-0.3, -0.25) is 9.29 Å². The van der Waals surface area contributed by atoms with Crippen molar-refractivity contribution < 1.29 is 17.9 Å². The largest absolute Gasteiger partial charge is 0.474 e. The smallest absolute Gasteiger partial charge is 0.232 e. The van der Waals surface area contributed by atoms with E-state index in [0.717, 1.165) is 50.3 Å². The monoisotopic (exact) mass is 527 g/mol. The van der Waals surface area contributed by atoms with E-state index in [-0.39, 0.29) is 12.1 Å². The lowest BCUT2D eigenvalue weighted by atomic mass is 9.93. The molecular weight excluding hydrogens is 494 g/mol. The molecule has 1 saturated carbocycles. The number of morpholine rings is 1. The van der Waals surface area contributed by atoms with Crippen LogP contribution in [0.3, 0.4) is 0 Å². The fraction of sp³-hybridized carbons (Fsp3) is 0.520. The number of pyridine rings is 2. The molecule has 0 unspecified atom stereocenters. The van der Waals surface area contributed by atoms with E-state index in [1.54, 1.807) is 18.5 Å². The SMILES string of the molecule is Cc1ccnc(NC2CCC(Oc3nc(N4CCOCC4)cc4ncc(N(C)S(C)(=O)=O)cc34)CC2)n1. The van der Waals surface area contributed by atoms with E-state index in [1.807, 2.05) is 19.1 Å². The number of nitrogens with zero attached hydrogens (tertiary/aromatic N) is 6. The third-order valence-corrected chi connectivity index (χ3v) is 8.10. The molecule has 0 spiro atoms. The number of aryl methyl sites for hydroxylation is 1. The second-order valence-corrected chi connectivity index (χ2v) is 11.6. The van der Waals surface area contributed by atoms with Crippen molar-refractivity contribution in [2.45, 2.75) is 44.8 Å². The van der Waals surface area contributed by atoms with Crippen LogP contribution >= 0.6 is 0 Å². The summed E-state index contributed by atoms with van der Waals surface area (Å²) in [5.41, 5.74) is 2.11. The van der Waals surface area contributed by atoms with Gasteiger partial charge in [0, 0.05) is 44.1 Å². The van der Waals surface area contributed by atoms with Crippen LogP contribution in [-0.2, 0) is 14.8 Å². The molecule has 2 aliphatic rings. The van der Waals surface area contributed by atoms with Crippen LogP contribution in [0.1, 0.15) is 31.4 Å². The van der Waals surface area contributed by atoms with Gasteiger partial charge in [0.1, 0.15) is 11.9 Å². The van der Waals surface area contributed by atoms with Gasteiger partial charge in [0.2, 0.25) is 21.9 Å². The lowest BCUT2D eigenvalue weighted by Crippen LogP contribution is -2.37. The zero-order valence-corrected chi connectivity index (χ0v) is 22.2. The summed E-state index contributed by atoms with van der Waals surface area (Å²) in [4.78, 5) is 20.4. The molecule has 0 aromatic carbocycles. The van der Waals surface area contributed by atoms with Crippen LogP contribution in [-0.4, -0.2) is 80.1 Å². The first kappa shape index (κ1) is 25.4. The van der Waals surface area contributed by atoms with Crippen molar-refractivity contribution >= 4 is 38.4 Å². The van der Waals surface area contributed by atoms with Crippen LogP contribution in [0.15, 0.2) is 30.6 Å². The molecule has 37 heavy (non-hydrogen) atoms. The first-order chi connectivity index (χ1) is 17.8. The van der Waals surface area contributed by atoms with E-state index < -0.39 is 10.0 Å². The Morgan fingerprint density at radius 3 is 2.57 bits per heavy atom. The summed E-state index contributed by atoms with van der Waals surface area (Å²) in [5, 5.41) is 4.13. The van der Waals surface area contributed by atoms with Gasteiger partial charge in [0.25, 0.3) is 0 Å². The Kier molecular flexibility index (Phi) is 7.29. The van der Waals surface area contributed by atoms with Gasteiger partial charge in [-0.15, -0.1) is 0 Å². The first-order valence-electron chi connectivity index (χ1n) is 12.6. The highest BCUT2D eigenvalue weighted by atomic mass is 32.2. The second kappa shape index (κ2) is 10.6. The topological polar surface area (TPSA) is 123 Å². The number of sulfonamides is 1. The van der Waals surface area contributed by atoms with Gasteiger partial charge in [0.05, 0.1) is 42.3 Å². The summed E-state index contributed by atoms with van der Waals surface area (Å²) < 4.78 is 37.5. The van der Waals surface area contributed by atoms with Gasteiger partial charge in [-0.1, -0.05) is 0 Å². The van der Waals surface area contributed by atoms with Gasteiger partial charge in [-0.2, -0.15) is 4.98 Å². The number of fused-ring (bicyclic) bond motifs is 1. The minimum atomic E-state index is -3.43. The van der Waals surface area contributed by atoms with E-state index in [9.17, 15) is 8.42 Å². The predicted octanol–water partition coefficient (Wildman–Crippen LogP) is 2.76. The van der Waals surface area contributed by atoms with Crippen LogP contribution in [0, 0.1) is 6.92 Å². The number of hydrogen-bond donors (Lipinski definition) is 1. The maximum absolute atomic E-state index is 12.1. The molecule has 1 aliphatic carbocycles. The number of anilines is 3. The molecule has 3 aromatic heterocycles. The number of rotatable bonds is 7. The average molecular weight is 528 g/mol. The van der Waals surface area contributed by atoms with Crippen molar-refractivity contribution in [3.8, 4) is 5.88 Å². The van der Waals surface area contributed by atoms with Gasteiger partial charge >= 0.3 is 0 Å². The molecular formula is C25H33N7O4S. The Balaban J connectivity index is 1.38.